The molecule has 5 heteroatoms. The first-order valence-electron chi connectivity index (χ1n) is 7.37. The molecule has 1 aliphatic rings. The maximum atomic E-state index is 4.78. The fourth-order valence-corrected chi connectivity index (χ4v) is 4.27. The predicted octanol–water partition coefficient (Wildman–Crippen LogP) is 3.42. The lowest BCUT2D eigenvalue weighted by molar-refractivity contribution is 0.620. The van der Waals surface area contributed by atoms with Crippen molar-refractivity contribution < 1.29 is 0 Å². The van der Waals surface area contributed by atoms with E-state index in [1.807, 2.05) is 22.2 Å². The van der Waals surface area contributed by atoms with Crippen LogP contribution >= 0.6 is 11.3 Å². The summed E-state index contributed by atoms with van der Waals surface area (Å²) in [6, 6.07) is 0. The summed E-state index contributed by atoms with van der Waals surface area (Å²) in [6.45, 7) is 4.40. The Morgan fingerprint density at radius 1 is 1.30 bits per heavy atom. The molecule has 4 rings (SSSR count). The SMILES string of the molecule is CC(C)Cc1nc2c3c4c(sc3ncn2n1)CCCC4. The molecular formula is C15H18N4S. The van der Waals surface area contributed by atoms with Crippen molar-refractivity contribution in [2.75, 3.05) is 0 Å². The van der Waals surface area contributed by atoms with Gasteiger partial charge in [-0.05, 0) is 37.2 Å². The Labute approximate surface area is 121 Å². The van der Waals surface area contributed by atoms with Gasteiger partial charge in [-0.25, -0.2) is 14.5 Å². The first-order valence-corrected chi connectivity index (χ1v) is 8.18. The lowest BCUT2D eigenvalue weighted by Gasteiger charge is -2.09. The van der Waals surface area contributed by atoms with Crippen molar-refractivity contribution in [3.05, 3.63) is 22.6 Å². The molecule has 104 valence electrons. The van der Waals surface area contributed by atoms with Gasteiger partial charge in [0, 0.05) is 11.3 Å². The number of fused-ring (bicyclic) bond motifs is 5. The van der Waals surface area contributed by atoms with Crippen molar-refractivity contribution in [3.8, 4) is 0 Å². The van der Waals surface area contributed by atoms with Gasteiger partial charge < -0.3 is 0 Å². The zero-order chi connectivity index (χ0) is 13.7. The van der Waals surface area contributed by atoms with Crippen LogP contribution in [-0.4, -0.2) is 19.6 Å². The first kappa shape index (κ1) is 12.3. The van der Waals surface area contributed by atoms with Gasteiger partial charge in [0.2, 0.25) is 0 Å². The zero-order valence-corrected chi connectivity index (χ0v) is 12.7. The third kappa shape index (κ3) is 1.84. The van der Waals surface area contributed by atoms with Crippen LogP contribution in [0.25, 0.3) is 15.9 Å². The van der Waals surface area contributed by atoms with E-state index in [1.165, 1.54) is 41.5 Å². The summed E-state index contributed by atoms with van der Waals surface area (Å²) in [4.78, 5) is 12.0. The minimum absolute atomic E-state index is 0.576. The van der Waals surface area contributed by atoms with Gasteiger partial charge in [-0.2, -0.15) is 0 Å². The molecule has 0 spiro atoms. The lowest BCUT2D eigenvalue weighted by Crippen LogP contribution is -1.99. The van der Waals surface area contributed by atoms with E-state index in [4.69, 9.17) is 4.98 Å². The van der Waals surface area contributed by atoms with Crippen LogP contribution in [-0.2, 0) is 19.3 Å². The lowest BCUT2D eigenvalue weighted by atomic mass is 9.97. The number of rotatable bonds is 2. The predicted molar refractivity (Wildman–Crippen MR) is 81.3 cm³/mol. The summed E-state index contributed by atoms with van der Waals surface area (Å²) in [5.74, 6) is 1.51. The minimum Gasteiger partial charge on any atom is -0.225 e. The second-order valence-electron chi connectivity index (χ2n) is 6.03. The highest BCUT2D eigenvalue weighted by molar-refractivity contribution is 7.19. The summed E-state index contributed by atoms with van der Waals surface area (Å²) in [5.41, 5.74) is 2.49. The average molecular weight is 286 g/mol. The maximum absolute atomic E-state index is 4.78. The number of hydrogen-bond donors (Lipinski definition) is 0. The highest BCUT2D eigenvalue weighted by Gasteiger charge is 2.20. The molecule has 0 aromatic carbocycles. The van der Waals surface area contributed by atoms with Crippen LogP contribution in [0.4, 0.5) is 0 Å². The topological polar surface area (TPSA) is 43.1 Å². The molecule has 3 aromatic rings. The molecule has 0 fully saturated rings. The molecule has 0 unspecified atom stereocenters. The Hall–Kier alpha value is -1.49. The molecule has 4 nitrogen and oxygen atoms in total. The first-order chi connectivity index (χ1) is 9.72. The van der Waals surface area contributed by atoms with Crippen LogP contribution in [0.3, 0.4) is 0 Å². The van der Waals surface area contributed by atoms with Crippen molar-refractivity contribution in [1.82, 2.24) is 19.6 Å². The van der Waals surface area contributed by atoms with Crippen molar-refractivity contribution in [3.63, 3.8) is 0 Å². The third-order valence-corrected chi connectivity index (χ3v) is 5.13. The molecule has 0 saturated heterocycles. The quantitative estimate of drug-likeness (QED) is 0.725. The van der Waals surface area contributed by atoms with Gasteiger partial charge in [0.05, 0.1) is 5.39 Å². The second-order valence-corrected chi connectivity index (χ2v) is 7.11. The summed E-state index contributed by atoms with van der Waals surface area (Å²) < 4.78 is 1.86. The monoisotopic (exact) mass is 286 g/mol. The van der Waals surface area contributed by atoms with Gasteiger partial charge in [-0.3, -0.25) is 0 Å². The summed E-state index contributed by atoms with van der Waals surface area (Å²) in [5, 5.41) is 5.84. The number of thiophene rings is 1. The van der Waals surface area contributed by atoms with E-state index in [-0.39, 0.29) is 0 Å². The maximum Gasteiger partial charge on any atom is 0.167 e. The standard InChI is InChI=1S/C15H18N4S/c1-9(2)7-12-17-14-13-10-5-3-4-6-11(10)20-15(13)16-8-19(14)18-12/h8-9H,3-7H2,1-2H3. The smallest absolute Gasteiger partial charge is 0.167 e. The molecule has 3 aromatic heterocycles. The fourth-order valence-electron chi connectivity index (χ4n) is 3.05. The van der Waals surface area contributed by atoms with Crippen LogP contribution in [0.15, 0.2) is 6.33 Å². The number of aromatic nitrogens is 4. The van der Waals surface area contributed by atoms with Crippen LogP contribution < -0.4 is 0 Å². The number of hydrogen-bond acceptors (Lipinski definition) is 4. The molecule has 3 heterocycles. The molecular weight excluding hydrogens is 268 g/mol. The third-order valence-electron chi connectivity index (χ3n) is 3.93. The van der Waals surface area contributed by atoms with Gasteiger partial charge in [0.25, 0.3) is 0 Å². The molecule has 0 saturated carbocycles. The van der Waals surface area contributed by atoms with E-state index < -0.39 is 0 Å². The molecule has 0 amide bonds. The Balaban J connectivity index is 1.97. The van der Waals surface area contributed by atoms with Crippen LogP contribution in [0.1, 0.15) is 43.0 Å². The van der Waals surface area contributed by atoms with E-state index in [2.05, 4.69) is 23.9 Å². The Bertz CT molecular complexity index is 784. The summed E-state index contributed by atoms with van der Waals surface area (Å²) >= 11 is 1.85. The van der Waals surface area contributed by atoms with Gasteiger partial charge >= 0.3 is 0 Å². The van der Waals surface area contributed by atoms with Crippen LogP contribution in [0.2, 0.25) is 0 Å². The van der Waals surface area contributed by atoms with Gasteiger partial charge in [-0.15, -0.1) is 16.4 Å². The number of nitrogens with zero attached hydrogens (tertiary/aromatic N) is 4. The van der Waals surface area contributed by atoms with Crippen molar-refractivity contribution in [1.29, 1.82) is 0 Å². The molecule has 20 heavy (non-hydrogen) atoms. The molecule has 1 aliphatic carbocycles. The van der Waals surface area contributed by atoms with E-state index >= 15 is 0 Å². The molecule has 0 radical (unpaired) electrons. The molecule has 0 bridgehead atoms. The number of aryl methyl sites for hydroxylation is 2. The average Bonchev–Trinajstić information content (AvgIpc) is 2.96. The highest BCUT2D eigenvalue weighted by atomic mass is 32.1. The summed E-state index contributed by atoms with van der Waals surface area (Å²) in [7, 11) is 0. The second kappa shape index (κ2) is 4.52. The minimum atomic E-state index is 0.576. The van der Waals surface area contributed by atoms with Crippen molar-refractivity contribution in [2.45, 2.75) is 46.0 Å². The molecule has 0 atom stereocenters. The van der Waals surface area contributed by atoms with E-state index in [9.17, 15) is 0 Å². The van der Waals surface area contributed by atoms with E-state index in [0.717, 1.165) is 22.7 Å². The van der Waals surface area contributed by atoms with Crippen molar-refractivity contribution >= 4 is 27.2 Å². The molecule has 0 aliphatic heterocycles. The van der Waals surface area contributed by atoms with Crippen molar-refractivity contribution in [2.24, 2.45) is 5.92 Å². The van der Waals surface area contributed by atoms with E-state index in [0.29, 0.717) is 5.92 Å². The Morgan fingerprint density at radius 2 is 2.15 bits per heavy atom. The Kier molecular flexibility index (Phi) is 2.77. The highest BCUT2D eigenvalue weighted by Crippen LogP contribution is 2.36. The van der Waals surface area contributed by atoms with Crippen LogP contribution in [0, 0.1) is 5.92 Å². The van der Waals surface area contributed by atoms with Gasteiger partial charge in [0.15, 0.2) is 11.5 Å². The van der Waals surface area contributed by atoms with Gasteiger partial charge in [0.1, 0.15) is 11.2 Å². The normalized spacial score (nSPS) is 15.3. The van der Waals surface area contributed by atoms with E-state index in [1.54, 1.807) is 0 Å². The molecule has 0 N–H and O–H groups in total. The van der Waals surface area contributed by atoms with Crippen LogP contribution in [0.5, 0.6) is 0 Å². The van der Waals surface area contributed by atoms with Gasteiger partial charge in [-0.1, -0.05) is 13.8 Å². The summed E-state index contributed by atoms with van der Waals surface area (Å²) in [6.07, 6.45) is 7.71. The Morgan fingerprint density at radius 3 is 3.00 bits per heavy atom. The fraction of sp³-hybridized carbons (Fsp3) is 0.533. The largest absolute Gasteiger partial charge is 0.225 e. The zero-order valence-electron chi connectivity index (χ0n) is 11.9.